The van der Waals surface area contributed by atoms with E-state index >= 15 is 8.78 Å². The first-order valence-electron chi connectivity index (χ1n) is 12.1. The van der Waals surface area contributed by atoms with Crippen molar-refractivity contribution < 1.29 is 27.5 Å². The number of H-pyrrole nitrogens is 1. The highest BCUT2D eigenvalue weighted by atomic mass is 35.5. The number of carboxylic acid groups (broad SMARTS) is 1. The summed E-state index contributed by atoms with van der Waals surface area (Å²) in [6, 6.07) is 5.93. The highest BCUT2D eigenvalue weighted by molar-refractivity contribution is 6.30. The van der Waals surface area contributed by atoms with Crippen molar-refractivity contribution in [3.63, 3.8) is 0 Å². The standard InChI is InChI=1S/C26H28ClF4N5O2/c1-13-9-19(35-34-13)33-24-23(31)20(15(3)28)22(30)18(32-24)11-26(25(37)38)7-8-36(14(2)10-26)12-16-5-4-6-17(27)21(16)29/h4-6,9,14-15H,7-8,10-12H2,1-3H3,(H,37,38)(H2,32,33,34,35)/t14-,15+,26-/m1/s1. The van der Waals surface area contributed by atoms with Gasteiger partial charge in [0.2, 0.25) is 0 Å². The number of nitrogens with one attached hydrogen (secondary N) is 2. The summed E-state index contributed by atoms with van der Waals surface area (Å²) in [5.41, 5.74) is -1.59. The number of rotatable bonds is 8. The van der Waals surface area contributed by atoms with Gasteiger partial charge < -0.3 is 10.4 Å². The molecule has 2 aromatic heterocycles. The largest absolute Gasteiger partial charge is 0.481 e. The van der Waals surface area contributed by atoms with Gasteiger partial charge in [-0.1, -0.05) is 23.7 Å². The van der Waals surface area contributed by atoms with Crippen LogP contribution in [0.15, 0.2) is 24.3 Å². The smallest absolute Gasteiger partial charge is 0.310 e. The molecule has 0 radical (unpaired) electrons. The molecule has 0 bridgehead atoms. The maximum Gasteiger partial charge on any atom is 0.310 e. The van der Waals surface area contributed by atoms with Crippen LogP contribution < -0.4 is 5.32 Å². The number of benzene rings is 1. The molecule has 4 rings (SSSR count). The van der Waals surface area contributed by atoms with Gasteiger partial charge in [0, 0.05) is 36.3 Å². The van der Waals surface area contributed by atoms with E-state index in [1.54, 1.807) is 32.0 Å². The van der Waals surface area contributed by atoms with Crippen LogP contribution in [-0.2, 0) is 17.8 Å². The number of hydrogen-bond donors (Lipinski definition) is 3. The lowest BCUT2D eigenvalue weighted by molar-refractivity contribution is -0.153. The maximum absolute atomic E-state index is 15.4. The Hall–Kier alpha value is -3.18. The first-order chi connectivity index (χ1) is 17.9. The lowest BCUT2D eigenvalue weighted by Gasteiger charge is -2.43. The van der Waals surface area contributed by atoms with E-state index in [2.05, 4.69) is 20.5 Å². The molecule has 0 spiro atoms. The second-order valence-electron chi connectivity index (χ2n) is 9.87. The highest BCUT2D eigenvalue weighted by Gasteiger charge is 2.46. The average Bonchev–Trinajstić information content (AvgIpc) is 3.26. The predicted molar refractivity (Wildman–Crippen MR) is 135 cm³/mol. The fourth-order valence-corrected chi connectivity index (χ4v) is 5.21. The fraction of sp³-hybridized carbons (Fsp3) is 0.423. The Morgan fingerprint density at radius 2 is 2.05 bits per heavy atom. The molecule has 38 heavy (non-hydrogen) atoms. The minimum absolute atomic E-state index is 0.00258. The molecule has 3 N–H and O–H groups in total. The molecule has 0 saturated carbocycles. The van der Waals surface area contributed by atoms with Crippen molar-refractivity contribution in [3.8, 4) is 0 Å². The van der Waals surface area contributed by atoms with Gasteiger partial charge in [0.1, 0.15) is 12.0 Å². The van der Waals surface area contributed by atoms with E-state index in [-0.39, 0.29) is 54.9 Å². The van der Waals surface area contributed by atoms with Crippen LogP contribution in [0.1, 0.15) is 55.4 Å². The predicted octanol–water partition coefficient (Wildman–Crippen LogP) is 6.26. The van der Waals surface area contributed by atoms with Crippen molar-refractivity contribution in [1.29, 1.82) is 0 Å². The van der Waals surface area contributed by atoms with Gasteiger partial charge in [-0.05, 0) is 46.2 Å². The van der Waals surface area contributed by atoms with Crippen LogP contribution in [0.3, 0.4) is 0 Å². The Morgan fingerprint density at radius 3 is 2.66 bits per heavy atom. The summed E-state index contributed by atoms with van der Waals surface area (Å²) in [6.07, 6.45) is -2.21. The van der Waals surface area contributed by atoms with E-state index in [0.29, 0.717) is 11.3 Å². The first kappa shape index (κ1) is 27.8. The van der Waals surface area contributed by atoms with Crippen LogP contribution in [0, 0.1) is 29.8 Å². The SMILES string of the molecule is Cc1cc(Nc2nc(C[C@@]3(C(=O)O)CCN(Cc4cccc(Cl)c4F)[C@H](C)C3)c(F)c([C@H](C)F)c2F)n[nH]1. The van der Waals surface area contributed by atoms with Crippen molar-refractivity contribution in [3.05, 3.63) is 69.3 Å². The fourth-order valence-electron chi connectivity index (χ4n) is 5.01. The number of piperidine rings is 1. The number of aliphatic carboxylic acids is 1. The van der Waals surface area contributed by atoms with Crippen molar-refractivity contribution >= 4 is 29.2 Å². The number of halogens is 5. The average molecular weight is 554 g/mol. The van der Waals surface area contributed by atoms with Crippen LogP contribution >= 0.6 is 11.6 Å². The number of aromatic amines is 1. The third-order valence-electron chi connectivity index (χ3n) is 7.08. The van der Waals surface area contributed by atoms with Crippen molar-refractivity contribution in [1.82, 2.24) is 20.1 Å². The molecule has 1 saturated heterocycles. The molecule has 12 heteroatoms. The molecular weight excluding hydrogens is 526 g/mol. The number of aryl methyl sites for hydroxylation is 1. The Kier molecular flexibility index (Phi) is 7.98. The topological polar surface area (TPSA) is 94.1 Å². The molecule has 1 aliphatic rings. The highest BCUT2D eigenvalue weighted by Crippen LogP contribution is 2.41. The van der Waals surface area contributed by atoms with Gasteiger partial charge in [-0.2, -0.15) is 5.10 Å². The summed E-state index contributed by atoms with van der Waals surface area (Å²) >= 11 is 5.89. The van der Waals surface area contributed by atoms with Crippen LogP contribution in [0.4, 0.5) is 29.2 Å². The zero-order valence-corrected chi connectivity index (χ0v) is 21.8. The number of carboxylic acids is 1. The lowest BCUT2D eigenvalue weighted by Crippen LogP contribution is -2.50. The molecule has 0 unspecified atom stereocenters. The van der Waals surface area contributed by atoms with E-state index in [1.807, 2.05) is 4.90 Å². The van der Waals surface area contributed by atoms with E-state index < -0.39 is 46.4 Å². The summed E-state index contributed by atoms with van der Waals surface area (Å²) in [4.78, 5) is 18.5. The zero-order chi connectivity index (χ0) is 27.8. The van der Waals surface area contributed by atoms with Gasteiger partial charge in [0.25, 0.3) is 0 Å². The Balaban J connectivity index is 1.64. The van der Waals surface area contributed by atoms with Crippen molar-refractivity contribution in [2.45, 2.75) is 58.8 Å². The van der Waals surface area contributed by atoms with Gasteiger partial charge in [-0.25, -0.2) is 22.5 Å². The molecule has 1 fully saturated rings. The second-order valence-corrected chi connectivity index (χ2v) is 10.3. The Morgan fingerprint density at radius 1 is 1.32 bits per heavy atom. The van der Waals surface area contributed by atoms with E-state index in [9.17, 15) is 18.7 Å². The number of pyridine rings is 1. The Labute approximate surface area is 222 Å². The number of aromatic nitrogens is 3. The van der Waals surface area contributed by atoms with Gasteiger partial charge >= 0.3 is 5.97 Å². The number of likely N-dealkylation sites (tertiary alicyclic amines) is 1. The molecule has 1 aliphatic heterocycles. The van der Waals surface area contributed by atoms with Crippen LogP contribution in [0.25, 0.3) is 0 Å². The molecule has 0 amide bonds. The molecule has 3 aromatic rings. The zero-order valence-electron chi connectivity index (χ0n) is 21.1. The minimum atomic E-state index is -2.01. The van der Waals surface area contributed by atoms with Crippen LogP contribution in [0.2, 0.25) is 5.02 Å². The van der Waals surface area contributed by atoms with Crippen LogP contribution in [-0.4, -0.2) is 43.7 Å². The molecule has 3 heterocycles. The summed E-state index contributed by atoms with van der Waals surface area (Å²) in [6.45, 7) is 5.00. The summed E-state index contributed by atoms with van der Waals surface area (Å²) in [5, 5.41) is 19.5. The number of nitrogens with zero attached hydrogens (tertiary/aromatic N) is 3. The van der Waals surface area contributed by atoms with Gasteiger partial charge in [0.05, 0.1) is 21.7 Å². The minimum Gasteiger partial charge on any atom is -0.481 e. The number of anilines is 2. The summed E-state index contributed by atoms with van der Waals surface area (Å²) in [5.74, 6) is -4.39. The molecular formula is C26H28ClF4N5O2. The number of alkyl halides is 1. The molecule has 204 valence electrons. The first-order valence-corrected chi connectivity index (χ1v) is 12.5. The quantitative estimate of drug-likeness (QED) is 0.285. The third-order valence-corrected chi connectivity index (χ3v) is 7.37. The van der Waals surface area contributed by atoms with E-state index in [0.717, 1.165) is 6.92 Å². The van der Waals surface area contributed by atoms with E-state index in [1.165, 1.54) is 6.07 Å². The number of hydrogen-bond acceptors (Lipinski definition) is 5. The maximum atomic E-state index is 15.4. The second kappa shape index (κ2) is 10.9. The van der Waals surface area contributed by atoms with Gasteiger partial charge in [-0.15, -0.1) is 0 Å². The van der Waals surface area contributed by atoms with Crippen molar-refractivity contribution in [2.24, 2.45) is 5.41 Å². The van der Waals surface area contributed by atoms with Gasteiger partial charge in [0.15, 0.2) is 23.3 Å². The van der Waals surface area contributed by atoms with Crippen LogP contribution in [0.5, 0.6) is 0 Å². The summed E-state index contributed by atoms with van der Waals surface area (Å²) in [7, 11) is 0. The molecule has 0 aliphatic carbocycles. The van der Waals surface area contributed by atoms with Crippen molar-refractivity contribution in [2.75, 3.05) is 11.9 Å². The molecule has 7 nitrogen and oxygen atoms in total. The monoisotopic (exact) mass is 553 g/mol. The Bertz CT molecular complexity index is 1350. The number of carbonyl (C=O) groups is 1. The molecule has 1 aromatic carbocycles. The normalized spacial score (nSPS) is 20.9. The lowest BCUT2D eigenvalue weighted by atomic mass is 9.72. The van der Waals surface area contributed by atoms with Gasteiger partial charge in [-0.3, -0.25) is 14.8 Å². The third kappa shape index (κ3) is 5.49. The molecule has 3 atom stereocenters. The summed E-state index contributed by atoms with van der Waals surface area (Å²) < 4.78 is 59.3. The van der Waals surface area contributed by atoms with E-state index in [4.69, 9.17) is 11.6 Å².